The average molecular weight is 458 g/mol. The van der Waals surface area contributed by atoms with E-state index >= 15 is 0 Å². The van der Waals surface area contributed by atoms with Gasteiger partial charge in [-0.25, -0.2) is 0 Å². The Kier molecular flexibility index (Phi) is 6.62. The van der Waals surface area contributed by atoms with E-state index in [4.69, 9.17) is 16.3 Å². The molecule has 0 aromatic heterocycles. The number of aryl methyl sites for hydroxylation is 1. The molecule has 0 aliphatic carbocycles. The smallest absolute Gasteiger partial charge is 0.224 e. The third kappa shape index (κ3) is 4.95. The lowest BCUT2D eigenvalue weighted by atomic mass is 10.1. The summed E-state index contributed by atoms with van der Waals surface area (Å²) in [6.07, 6.45) is 0.261. The molecule has 2 aromatic rings. The summed E-state index contributed by atoms with van der Waals surface area (Å²) >= 11 is 8.22. The van der Waals surface area contributed by atoms with Crippen LogP contribution in [0.5, 0.6) is 5.75 Å². The molecule has 0 heterocycles. The fraction of sp³-hybridized carbons (Fsp3) is 0.222. The standard InChI is InChI=1S/C18H17ClINO3/c1-11-9-15(17(24-2)10-14(11)19)21-18(23)8-7-16(22)12-3-5-13(20)6-4-12/h3-6,9-10H,7-8H2,1-2H3,(H,21,23). The lowest BCUT2D eigenvalue weighted by molar-refractivity contribution is -0.116. The van der Waals surface area contributed by atoms with Crippen LogP contribution in [0.4, 0.5) is 5.69 Å². The zero-order valence-corrected chi connectivity index (χ0v) is 16.3. The summed E-state index contributed by atoms with van der Waals surface area (Å²) in [7, 11) is 1.51. The van der Waals surface area contributed by atoms with Gasteiger partial charge < -0.3 is 10.1 Å². The van der Waals surface area contributed by atoms with Gasteiger partial charge in [-0.2, -0.15) is 0 Å². The van der Waals surface area contributed by atoms with Crippen molar-refractivity contribution in [2.45, 2.75) is 19.8 Å². The van der Waals surface area contributed by atoms with E-state index in [9.17, 15) is 9.59 Å². The highest BCUT2D eigenvalue weighted by Crippen LogP contribution is 2.31. The molecule has 0 spiro atoms. The first-order chi connectivity index (χ1) is 11.4. The summed E-state index contributed by atoms with van der Waals surface area (Å²) < 4.78 is 6.28. The molecule has 4 nitrogen and oxygen atoms in total. The molecule has 0 saturated carbocycles. The van der Waals surface area contributed by atoms with Gasteiger partial charge in [0.15, 0.2) is 5.78 Å². The monoisotopic (exact) mass is 457 g/mol. The molecule has 0 unspecified atom stereocenters. The van der Waals surface area contributed by atoms with E-state index in [1.165, 1.54) is 7.11 Å². The Morgan fingerprint density at radius 1 is 1.17 bits per heavy atom. The van der Waals surface area contributed by atoms with E-state index in [1.54, 1.807) is 24.3 Å². The Morgan fingerprint density at radius 2 is 1.83 bits per heavy atom. The lowest BCUT2D eigenvalue weighted by Crippen LogP contribution is -2.14. The zero-order valence-electron chi connectivity index (χ0n) is 13.4. The van der Waals surface area contributed by atoms with Crippen LogP contribution in [0.25, 0.3) is 0 Å². The van der Waals surface area contributed by atoms with Gasteiger partial charge in [-0.1, -0.05) is 23.7 Å². The van der Waals surface area contributed by atoms with Crippen molar-refractivity contribution in [2.24, 2.45) is 0 Å². The van der Waals surface area contributed by atoms with Crippen molar-refractivity contribution in [1.29, 1.82) is 0 Å². The molecule has 0 aliphatic heterocycles. The molecule has 1 amide bonds. The number of hydrogen-bond donors (Lipinski definition) is 1. The minimum Gasteiger partial charge on any atom is -0.495 e. The van der Waals surface area contributed by atoms with Crippen LogP contribution in [-0.4, -0.2) is 18.8 Å². The minimum absolute atomic E-state index is 0.0548. The molecule has 6 heteroatoms. The number of carbonyl (C=O) groups is 2. The van der Waals surface area contributed by atoms with Crippen LogP contribution < -0.4 is 10.1 Å². The molecule has 0 atom stereocenters. The van der Waals surface area contributed by atoms with Crippen molar-refractivity contribution >= 4 is 51.6 Å². The number of ketones is 1. The fourth-order valence-electron chi connectivity index (χ4n) is 2.15. The molecule has 0 fully saturated rings. The van der Waals surface area contributed by atoms with Crippen molar-refractivity contribution in [2.75, 3.05) is 12.4 Å². The first kappa shape index (κ1) is 18.7. The number of hydrogen-bond acceptors (Lipinski definition) is 3. The van der Waals surface area contributed by atoms with E-state index in [0.29, 0.717) is 22.0 Å². The van der Waals surface area contributed by atoms with Gasteiger partial charge in [0.2, 0.25) is 5.91 Å². The van der Waals surface area contributed by atoms with Crippen LogP contribution >= 0.6 is 34.2 Å². The van der Waals surface area contributed by atoms with Gasteiger partial charge >= 0.3 is 0 Å². The van der Waals surface area contributed by atoms with Crippen LogP contribution in [0, 0.1) is 10.5 Å². The number of ether oxygens (including phenoxy) is 1. The molecular weight excluding hydrogens is 441 g/mol. The van der Waals surface area contributed by atoms with Gasteiger partial charge in [-0.15, -0.1) is 0 Å². The number of carbonyl (C=O) groups excluding carboxylic acids is 2. The van der Waals surface area contributed by atoms with Crippen molar-refractivity contribution in [3.8, 4) is 5.75 Å². The number of halogens is 2. The normalized spacial score (nSPS) is 10.3. The summed E-state index contributed by atoms with van der Waals surface area (Å²) in [5.74, 6) is 0.192. The zero-order chi connectivity index (χ0) is 17.7. The molecule has 2 aromatic carbocycles. The van der Waals surface area contributed by atoms with Gasteiger partial charge in [0, 0.05) is 33.1 Å². The highest BCUT2D eigenvalue weighted by molar-refractivity contribution is 14.1. The molecule has 24 heavy (non-hydrogen) atoms. The lowest BCUT2D eigenvalue weighted by Gasteiger charge is -2.12. The van der Waals surface area contributed by atoms with Crippen LogP contribution in [-0.2, 0) is 4.79 Å². The molecule has 0 aliphatic rings. The Hall–Kier alpha value is -1.60. The highest BCUT2D eigenvalue weighted by Gasteiger charge is 2.13. The SMILES string of the molecule is COc1cc(Cl)c(C)cc1NC(=O)CCC(=O)c1ccc(I)cc1. The van der Waals surface area contributed by atoms with Gasteiger partial charge in [-0.3, -0.25) is 9.59 Å². The fourth-order valence-corrected chi connectivity index (χ4v) is 2.66. The van der Waals surface area contributed by atoms with E-state index < -0.39 is 0 Å². The molecule has 2 rings (SSSR count). The first-order valence-electron chi connectivity index (χ1n) is 7.33. The predicted molar refractivity (Wildman–Crippen MR) is 104 cm³/mol. The third-order valence-corrected chi connectivity index (χ3v) is 4.63. The van der Waals surface area contributed by atoms with E-state index in [2.05, 4.69) is 27.9 Å². The number of benzene rings is 2. The summed E-state index contributed by atoms with van der Waals surface area (Å²) in [5, 5.41) is 3.34. The molecule has 1 N–H and O–H groups in total. The number of nitrogens with one attached hydrogen (secondary N) is 1. The van der Waals surface area contributed by atoms with Crippen molar-refractivity contribution < 1.29 is 14.3 Å². The maximum atomic E-state index is 12.1. The summed E-state index contributed by atoms with van der Waals surface area (Å²) in [6, 6.07) is 10.7. The number of rotatable bonds is 6. The topological polar surface area (TPSA) is 55.4 Å². The number of amides is 1. The second kappa shape index (κ2) is 8.48. The summed E-state index contributed by atoms with van der Waals surface area (Å²) in [5.41, 5.74) is 2.00. The number of anilines is 1. The van der Waals surface area contributed by atoms with Crippen LogP contribution in [0.15, 0.2) is 36.4 Å². The summed E-state index contributed by atoms with van der Waals surface area (Å²) in [4.78, 5) is 24.2. The largest absolute Gasteiger partial charge is 0.495 e. The van der Waals surface area contributed by atoms with E-state index in [0.717, 1.165) is 9.13 Å². The average Bonchev–Trinajstić information content (AvgIpc) is 2.56. The first-order valence-corrected chi connectivity index (χ1v) is 8.79. The van der Waals surface area contributed by atoms with Crippen molar-refractivity contribution in [1.82, 2.24) is 0 Å². The van der Waals surface area contributed by atoms with Gasteiger partial charge in [-0.05, 0) is 53.3 Å². The Balaban J connectivity index is 1.97. The van der Waals surface area contributed by atoms with Gasteiger partial charge in [0.05, 0.1) is 12.8 Å². The van der Waals surface area contributed by atoms with Gasteiger partial charge in [0.25, 0.3) is 0 Å². The number of Topliss-reactive ketones (excluding diaryl/α,β-unsaturated/α-hetero) is 1. The minimum atomic E-state index is -0.242. The second-order valence-corrected chi connectivity index (χ2v) is 6.93. The van der Waals surface area contributed by atoms with Crippen molar-refractivity contribution in [3.63, 3.8) is 0 Å². The third-order valence-electron chi connectivity index (χ3n) is 3.50. The Morgan fingerprint density at radius 3 is 2.46 bits per heavy atom. The van der Waals surface area contributed by atoms with E-state index in [1.807, 2.05) is 19.1 Å². The van der Waals surface area contributed by atoms with Crippen LogP contribution in [0.3, 0.4) is 0 Å². The quantitative estimate of drug-likeness (QED) is 0.498. The number of methoxy groups -OCH3 is 1. The molecule has 0 saturated heterocycles. The van der Waals surface area contributed by atoms with Crippen LogP contribution in [0.2, 0.25) is 5.02 Å². The van der Waals surface area contributed by atoms with Crippen molar-refractivity contribution in [3.05, 3.63) is 56.1 Å². The maximum Gasteiger partial charge on any atom is 0.224 e. The van der Waals surface area contributed by atoms with Crippen LogP contribution in [0.1, 0.15) is 28.8 Å². The highest BCUT2D eigenvalue weighted by atomic mass is 127. The second-order valence-electron chi connectivity index (χ2n) is 5.28. The molecule has 126 valence electrons. The predicted octanol–water partition coefficient (Wildman–Crippen LogP) is 4.86. The molecular formula is C18H17ClINO3. The maximum absolute atomic E-state index is 12.1. The van der Waals surface area contributed by atoms with E-state index in [-0.39, 0.29) is 24.5 Å². The summed E-state index contributed by atoms with van der Waals surface area (Å²) in [6.45, 7) is 1.84. The van der Waals surface area contributed by atoms with Gasteiger partial charge in [0.1, 0.15) is 5.75 Å². The Bertz CT molecular complexity index is 760. The molecule has 0 radical (unpaired) electrons. The Labute approximate surface area is 159 Å². The molecule has 0 bridgehead atoms.